The number of carbonyl (C=O) groups is 1. The minimum Gasteiger partial charge on any atom is -0.461 e. The number of rotatable bonds is 5. The molecule has 144 valence electrons. The van der Waals surface area contributed by atoms with Crippen molar-refractivity contribution in [1.29, 1.82) is 0 Å². The summed E-state index contributed by atoms with van der Waals surface area (Å²) in [4.78, 5) is 17.7. The van der Waals surface area contributed by atoms with Gasteiger partial charge in [-0.15, -0.1) is 0 Å². The Labute approximate surface area is 163 Å². The molecule has 1 unspecified atom stereocenters. The molecule has 1 atom stereocenters. The van der Waals surface area contributed by atoms with Gasteiger partial charge in [0.05, 0.1) is 6.26 Å². The molecule has 2 aliphatic rings. The molecule has 1 saturated heterocycles. The van der Waals surface area contributed by atoms with Gasteiger partial charge >= 0.3 is 0 Å². The van der Waals surface area contributed by atoms with Gasteiger partial charge in [-0.25, -0.2) is 0 Å². The van der Waals surface area contributed by atoms with Gasteiger partial charge in [0.1, 0.15) is 0 Å². The van der Waals surface area contributed by atoms with E-state index in [0.29, 0.717) is 23.3 Å². The second kappa shape index (κ2) is 7.28. The summed E-state index contributed by atoms with van der Waals surface area (Å²) in [5.74, 6) is 0.980. The summed E-state index contributed by atoms with van der Waals surface area (Å²) in [6.07, 6.45) is 4.98. The fourth-order valence-electron chi connectivity index (χ4n) is 4.04. The minimum atomic E-state index is -0.0714. The summed E-state index contributed by atoms with van der Waals surface area (Å²) >= 11 is 0. The zero-order valence-corrected chi connectivity index (χ0v) is 15.7. The number of hydrogen-bond donors (Lipinski definition) is 0. The highest BCUT2D eigenvalue weighted by atomic mass is 16.5. The largest absolute Gasteiger partial charge is 0.461 e. The molecule has 28 heavy (non-hydrogen) atoms. The lowest BCUT2D eigenvalue weighted by Gasteiger charge is -2.41. The molecular formula is C22H23N3O3. The predicted octanol–water partition coefficient (Wildman–Crippen LogP) is 3.47. The molecule has 1 amide bonds. The molecule has 0 radical (unpaired) electrons. The number of piperazine rings is 1. The summed E-state index contributed by atoms with van der Waals surface area (Å²) in [5, 5.41) is 4.02. The highest BCUT2D eigenvalue weighted by Crippen LogP contribution is 2.30. The van der Waals surface area contributed by atoms with Crippen LogP contribution in [0.2, 0.25) is 0 Å². The van der Waals surface area contributed by atoms with E-state index >= 15 is 0 Å². The van der Waals surface area contributed by atoms with Gasteiger partial charge in [-0.3, -0.25) is 9.69 Å². The summed E-state index contributed by atoms with van der Waals surface area (Å²) < 4.78 is 10.7. The molecule has 3 heterocycles. The molecule has 0 spiro atoms. The molecule has 0 bridgehead atoms. The normalized spacial score (nSPS) is 20.4. The zero-order chi connectivity index (χ0) is 18.9. The van der Waals surface area contributed by atoms with Gasteiger partial charge in [0.25, 0.3) is 5.91 Å². The highest BCUT2D eigenvalue weighted by Gasteiger charge is 2.38. The maximum Gasteiger partial charge on any atom is 0.276 e. The number of aromatic nitrogens is 1. The lowest BCUT2D eigenvalue weighted by atomic mass is 10.0. The van der Waals surface area contributed by atoms with E-state index in [4.69, 9.17) is 8.94 Å². The molecule has 0 N–H and O–H groups in total. The van der Waals surface area contributed by atoms with Crippen LogP contribution in [-0.4, -0.2) is 52.6 Å². The van der Waals surface area contributed by atoms with Gasteiger partial charge in [0, 0.05) is 37.8 Å². The summed E-state index contributed by atoms with van der Waals surface area (Å²) in [5.41, 5.74) is 1.59. The van der Waals surface area contributed by atoms with E-state index in [9.17, 15) is 4.79 Å². The third-order valence-corrected chi connectivity index (χ3v) is 5.65. The first-order chi connectivity index (χ1) is 13.8. The second-order valence-corrected chi connectivity index (χ2v) is 7.62. The van der Waals surface area contributed by atoms with Crippen LogP contribution in [0.15, 0.2) is 63.7 Å². The van der Waals surface area contributed by atoms with Crippen molar-refractivity contribution in [3.05, 3.63) is 66.1 Å². The van der Waals surface area contributed by atoms with Crippen molar-refractivity contribution in [2.75, 3.05) is 19.6 Å². The number of hydrogen-bond acceptors (Lipinski definition) is 5. The van der Waals surface area contributed by atoms with Crippen LogP contribution in [0.1, 0.15) is 28.9 Å². The van der Waals surface area contributed by atoms with Gasteiger partial charge in [0.2, 0.25) is 5.76 Å². The monoisotopic (exact) mass is 377 g/mol. The molecule has 6 heteroatoms. The van der Waals surface area contributed by atoms with Crippen molar-refractivity contribution < 1.29 is 13.7 Å². The lowest BCUT2D eigenvalue weighted by Crippen LogP contribution is -2.56. The molecule has 3 aromatic rings. The third-order valence-electron chi connectivity index (χ3n) is 5.65. The molecule has 5 rings (SSSR count). The molecule has 1 aliphatic carbocycles. The van der Waals surface area contributed by atoms with Crippen molar-refractivity contribution in [2.24, 2.45) is 0 Å². The van der Waals surface area contributed by atoms with Crippen molar-refractivity contribution >= 4 is 5.91 Å². The van der Waals surface area contributed by atoms with E-state index in [1.165, 1.54) is 18.4 Å². The van der Waals surface area contributed by atoms with Gasteiger partial charge in [-0.05, 0) is 37.0 Å². The van der Waals surface area contributed by atoms with Crippen molar-refractivity contribution in [3.63, 3.8) is 0 Å². The smallest absolute Gasteiger partial charge is 0.276 e. The molecule has 1 aromatic carbocycles. The first-order valence-corrected chi connectivity index (χ1v) is 9.87. The van der Waals surface area contributed by atoms with E-state index in [0.717, 1.165) is 26.1 Å². The van der Waals surface area contributed by atoms with Gasteiger partial charge in [-0.2, -0.15) is 0 Å². The lowest BCUT2D eigenvalue weighted by molar-refractivity contribution is 0.0428. The number of furan rings is 1. The van der Waals surface area contributed by atoms with E-state index < -0.39 is 0 Å². The quantitative estimate of drug-likeness (QED) is 0.681. The Morgan fingerprint density at radius 2 is 1.93 bits per heavy atom. The first kappa shape index (κ1) is 17.3. The maximum atomic E-state index is 13.2. The molecular weight excluding hydrogens is 354 g/mol. The van der Waals surface area contributed by atoms with Crippen LogP contribution in [-0.2, 0) is 6.42 Å². The number of benzene rings is 1. The Hall–Kier alpha value is -2.86. The van der Waals surface area contributed by atoms with Crippen molar-refractivity contribution in [2.45, 2.75) is 31.3 Å². The standard InChI is InChI=1S/C22H23N3O3/c26-22(19-14-21(28-23-19)20-7-4-12-27-20)25-11-10-24(17-8-9-17)15-18(25)13-16-5-2-1-3-6-16/h1-7,12,14,17-18H,8-11,13,15H2. The van der Waals surface area contributed by atoms with Crippen LogP contribution >= 0.6 is 0 Å². The minimum absolute atomic E-state index is 0.0714. The van der Waals surface area contributed by atoms with Crippen LogP contribution in [0.5, 0.6) is 0 Å². The van der Waals surface area contributed by atoms with E-state index in [-0.39, 0.29) is 11.9 Å². The van der Waals surface area contributed by atoms with Gasteiger partial charge in [-0.1, -0.05) is 35.5 Å². The Balaban J connectivity index is 1.37. The Kier molecular flexibility index (Phi) is 4.49. The van der Waals surface area contributed by atoms with E-state index in [2.05, 4.69) is 34.3 Å². The van der Waals surface area contributed by atoms with Gasteiger partial charge < -0.3 is 13.8 Å². The topological polar surface area (TPSA) is 62.7 Å². The molecule has 1 saturated carbocycles. The van der Waals surface area contributed by atoms with Crippen LogP contribution in [0, 0.1) is 0 Å². The third kappa shape index (κ3) is 3.47. The Bertz CT molecular complexity index is 931. The Morgan fingerprint density at radius 1 is 1.07 bits per heavy atom. The first-order valence-electron chi connectivity index (χ1n) is 9.87. The molecule has 2 fully saturated rings. The summed E-state index contributed by atoms with van der Waals surface area (Å²) in [6.45, 7) is 2.55. The number of nitrogens with zero attached hydrogens (tertiary/aromatic N) is 3. The van der Waals surface area contributed by atoms with Crippen molar-refractivity contribution in [3.8, 4) is 11.5 Å². The van der Waals surface area contributed by atoms with Crippen molar-refractivity contribution in [1.82, 2.24) is 15.0 Å². The molecule has 1 aliphatic heterocycles. The van der Waals surface area contributed by atoms with Gasteiger partial charge in [0.15, 0.2) is 11.5 Å². The van der Waals surface area contributed by atoms with Crippen LogP contribution in [0.3, 0.4) is 0 Å². The SMILES string of the molecule is O=C(c1cc(-c2ccco2)on1)N1CCN(C2CC2)CC1Cc1ccccc1. The second-order valence-electron chi connectivity index (χ2n) is 7.62. The number of carbonyl (C=O) groups excluding carboxylic acids is 1. The number of amides is 1. The average Bonchev–Trinajstić information content (AvgIpc) is 3.22. The van der Waals surface area contributed by atoms with Crippen LogP contribution in [0.4, 0.5) is 0 Å². The van der Waals surface area contributed by atoms with E-state index in [1.807, 2.05) is 11.0 Å². The fraction of sp³-hybridized carbons (Fsp3) is 0.364. The highest BCUT2D eigenvalue weighted by molar-refractivity contribution is 5.93. The average molecular weight is 377 g/mol. The summed E-state index contributed by atoms with van der Waals surface area (Å²) in [6, 6.07) is 16.5. The summed E-state index contributed by atoms with van der Waals surface area (Å²) in [7, 11) is 0. The zero-order valence-electron chi connectivity index (χ0n) is 15.7. The van der Waals surface area contributed by atoms with Crippen LogP contribution < -0.4 is 0 Å². The Morgan fingerprint density at radius 3 is 2.68 bits per heavy atom. The van der Waals surface area contributed by atoms with Crippen LogP contribution in [0.25, 0.3) is 11.5 Å². The molecule has 6 nitrogen and oxygen atoms in total. The fourth-order valence-corrected chi connectivity index (χ4v) is 4.04. The van der Waals surface area contributed by atoms with E-state index in [1.54, 1.807) is 24.5 Å². The molecule has 2 aromatic heterocycles. The predicted molar refractivity (Wildman–Crippen MR) is 104 cm³/mol. The maximum absolute atomic E-state index is 13.2.